The van der Waals surface area contributed by atoms with Crippen molar-refractivity contribution in [2.45, 2.75) is 25.2 Å². The zero-order valence-electron chi connectivity index (χ0n) is 20.7. The van der Waals surface area contributed by atoms with Crippen molar-refractivity contribution in [3.8, 4) is 11.3 Å². The Kier molecular flexibility index (Phi) is 7.04. The Morgan fingerprint density at radius 1 is 1.11 bits per heavy atom. The largest absolute Gasteiger partial charge is 0.455 e. The molecule has 4 aromatic rings. The molecule has 38 heavy (non-hydrogen) atoms. The molecular weight excluding hydrogens is 578 g/mol. The van der Waals surface area contributed by atoms with E-state index in [9.17, 15) is 22.0 Å². The molecule has 1 aromatic heterocycles. The fourth-order valence-electron chi connectivity index (χ4n) is 4.63. The van der Waals surface area contributed by atoms with Gasteiger partial charge in [-0.1, -0.05) is 6.07 Å². The smallest absolute Gasteiger partial charge is 0.255 e. The van der Waals surface area contributed by atoms with E-state index in [0.717, 1.165) is 24.7 Å². The molecule has 198 valence electrons. The van der Waals surface area contributed by atoms with Gasteiger partial charge >= 0.3 is 0 Å². The molecule has 1 heterocycles. The molecule has 0 bridgehead atoms. The number of furan rings is 1. The molecule has 0 atom stereocenters. The first kappa shape index (κ1) is 26.4. The van der Waals surface area contributed by atoms with Crippen molar-refractivity contribution in [3.63, 3.8) is 0 Å². The first-order valence-electron chi connectivity index (χ1n) is 12.1. The van der Waals surface area contributed by atoms with Crippen molar-refractivity contribution >= 4 is 48.5 Å². The minimum atomic E-state index is -3.72. The Morgan fingerprint density at radius 2 is 1.82 bits per heavy atom. The van der Waals surface area contributed by atoms with Crippen molar-refractivity contribution in [1.82, 2.24) is 5.32 Å². The van der Waals surface area contributed by atoms with Crippen LogP contribution >= 0.6 is 15.9 Å². The molecule has 0 spiro atoms. The van der Waals surface area contributed by atoms with E-state index in [1.54, 1.807) is 18.2 Å². The summed E-state index contributed by atoms with van der Waals surface area (Å²) in [6, 6.07) is 13.8. The third-order valence-corrected chi connectivity index (χ3v) is 8.49. The van der Waals surface area contributed by atoms with E-state index in [1.165, 1.54) is 41.7 Å². The first-order chi connectivity index (χ1) is 18.1. The maximum Gasteiger partial charge on any atom is 0.255 e. The Labute approximate surface area is 227 Å². The van der Waals surface area contributed by atoms with Gasteiger partial charge < -0.3 is 9.73 Å². The fourth-order valence-corrected chi connectivity index (χ4v) is 5.82. The molecule has 0 saturated heterocycles. The predicted octanol–water partition coefficient (Wildman–Crippen LogP) is 6.39. The van der Waals surface area contributed by atoms with Gasteiger partial charge in [-0.25, -0.2) is 17.2 Å². The van der Waals surface area contributed by atoms with Gasteiger partial charge in [0.05, 0.1) is 22.0 Å². The van der Waals surface area contributed by atoms with E-state index in [2.05, 4.69) is 21.2 Å². The van der Waals surface area contributed by atoms with E-state index >= 15 is 0 Å². The molecule has 10 heteroatoms. The van der Waals surface area contributed by atoms with E-state index in [-0.39, 0.29) is 24.1 Å². The number of benzene rings is 3. The summed E-state index contributed by atoms with van der Waals surface area (Å²) < 4.78 is 61.4. The Morgan fingerprint density at radius 3 is 2.42 bits per heavy atom. The summed E-state index contributed by atoms with van der Waals surface area (Å²) in [5.74, 6) is -0.784. The highest BCUT2D eigenvalue weighted by molar-refractivity contribution is 9.10. The van der Waals surface area contributed by atoms with Gasteiger partial charge in [0.25, 0.3) is 5.91 Å². The quantitative estimate of drug-likeness (QED) is 0.253. The second kappa shape index (κ2) is 10.1. The number of hydrogen-bond acceptors (Lipinski definition) is 4. The molecule has 1 amide bonds. The summed E-state index contributed by atoms with van der Waals surface area (Å²) in [5, 5.41) is 3.19. The Balaban J connectivity index is 1.65. The average molecular weight is 603 g/mol. The lowest BCUT2D eigenvalue weighted by molar-refractivity contribution is 0.0964. The number of carbonyl (C=O) groups excluding carboxylic acids is 1. The molecule has 0 aliphatic heterocycles. The standard InChI is InChI=1S/C28H25BrF2N2O4S/c1-32-28(34)26-21-14-20(17-4-5-17)24(15-25(21)37-27(26)18-6-8-19(30)9-7-18)33(38(2,35)36)12-11-16-3-10-22(29)23(31)13-16/h3,6-10,13-15,17H,4-5,11-12H2,1-2H3,(H,32,34). The van der Waals surface area contributed by atoms with Crippen LogP contribution in [0.1, 0.15) is 40.2 Å². The highest BCUT2D eigenvalue weighted by atomic mass is 79.9. The number of nitrogens with zero attached hydrogens (tertiary/aromatic N) is 1. The molecule has 6 nitrogen and oxygen atoms in total. The lowest BCUT2D eigenvalue weighted by atomic mass is 10.00. The maximum atomic E-state index is 14.1. The molecule has 0 radical (unpaired) electrons. The van der Waals surface area contributed by atoms with Crippen molar-refractivity contribution in [2.75, 3.05) is 24.2 Å². The van der Waals surface area contributed by atoms with E-state index < -0.39 is 21.7 Å². The van der Waals surface area contributed by atoms with Gasteiger partial charge in [-0.3, -0.25) is 9.10 Å². The zero-order chi connectivity index (χ0) is 27.2. The lowest BCUT2D eigenvalue weighted by Crippen LogP contribution is -2.32. The molecular formula is C28H25BrF2N2O4S. The van der Waals surface area contributed by atoms with Crippen LogP contribution in [-0.4, -0.2) is 34.2 Å². The maximum absolute atomic E-state index is 14.1. The van der Waals surface area contributed by atoms with Crippen LogP contribution in [0.3, 0.4) is 0 Å². The summed E-state index contributed by atoms with van der Waals surface area (Å²) in [5.41, 5.74) is 3.11. The monoisotopic (exact) mass is 602 g/mol. The third-order valence-electron chi connectivity index (χ3n) is 6.67. The van der Waals surface area contributed by atoms with Crippen molar-refractivity contribution in [3.05, 3.63) is 87.4 Å². The minimum absolute atomic E-state index is 0.0962. The van der Waals surface area contributed by atoms with Crippen molar-refractivity contribution in [1.29, 1.82) is 0 Å². The Bertz CT molecular complexity index is 1650. The van der Waals surface area contributed by atoms with Gasteiger partial charge in [0, 0.05) is 30.6 Å². The van der Waals surface area contributed by atoms with Gasteiger partial charge in [-0.05, 0) is 94.7 Å². The van der Waals surface area contributed by atoms with Crippen LogP contribution in [0.15, 0.2) is 63.5 Å². The van der Waals surface area contributed by atoms with E-state index in [0.29, 0.717) is 44.2 Å². The topological polar surface area (TPSA) is 79.6 Å². The molecule has 5 rings (SSSR count). The van der Waals surface area contributed by atoms with Crippen LogP contribution in [0.25, 0.3) is 22.3 Å². The summed E-state index contributed by atoms with van der Waals surface area (Å²) >= 11 is 3.14. The number of halogens is 3. The fraction of sp³-hybridized carbons (Fsp3) is 0.250. The molecule has 1 aliphatic carbocycles. The number of hydrogen-bond donors (Lipinski definition) is 1. The summed E-state index contributed by atoms with van der Waals surface area (Å²) in [7, 11) is -2.20. The first-order valence-corrected chi connectivity index (χ1v) is 14.7. The normalized spacial score (nSPS) is 13.6. The number of carbonyl (C=O) groups is 1. The van der Waals surface area contributed by atoms with Crippen LogP contribution in [-0.2, 0) is 16.4 Å². The third kappa shape index (κ3) is 5.19. The van der Waals surface area contributed by atoms with E-state index in [1.807, 2.05) is 6.07 Å². The van der Waals surface area contributed by atoms with Gasteiger partial charge in [0.2, 0.25) is 10.0 Å². The van der Waals surface area contributed by atoms with Crippen molar-refractivity contribution in [2.24, 2.45) is 0 Å². The second-order valence-electron chi connectivity index (χ2n) is 9.41. The Hall–Kier alpha value is -3.24. The zero-order valence-corrected chi connectivity index (χ0v) is 23.1. The molecule has 3 aromatic carbocycles. The van der Waals surface area contributed by atoms with E-state index in [4.69, 9.17) is 4.42 Å². The van der Waals surface area contributed by atoms with Crippen molar-refractivity contribution < 1.29 is 26.4 Å². The average Bonchev–Trinajstić information content (AvgIpc) is 3.65. The second-order valence-corrected chi connectivity index (χ2v) is 12.2. The highest BCUT2D eigenvalue weighted by Crippen LogP contribution is 2.48. The van der Waals surface area contributed by atoms with Crippen LogP contribution in [0.4, 0.5) is 14.5 Å². The molecule has 0 unspecified atom stereocenters. The van der Waals surface area contributed by atoms with Crippen LogP contribution in [0.2, 0.25) is 0 Å². The van der Waals surface area contributed by atoms with Gasteiger partial charge in [-0.2, -0.15) is 0 Å². The summed E-state index contributed by atoms with van der Waals surface area (Å²) in [4.78, 5) is 12.9. The van der Waals surface area contributed by atoms with Gasteiger partial charge in [0.15, 0.2) is 0 Å². The molecule has 1 fully saturated rings. The van der Waals surface area contributed by atoms with Crippen LogP contribution in [0.5, 0.6) is 0 Å². The minimum Gasteiger partial charge on any atom is -0.455 e. The summed E-state index contributed by atoms with van der Waals surface area (Å²) in [6.07, 6.45) is 3.22. The number of nitrogens with one attached hydrogen (secondary N) is 1. The molecule has 1 aliphatic rings. The number of amides is 1. The number of anilines is 1. The highest BCUT2D eigenvalue weighted by Gasteiger charge is 2.33. The lowest BCUT2D eigenvalue weighted by Gasteiger charge is -2.25. The molecule has 1 saturated carbocycles. The van der Waals surface area contributed by atoms with Crippen LogP contribution in [0, 0.1) is 11.6 Å². The number of rotatable bonds is 8. The predicted molar refractivity (Wildman–Crippen MR) is 147 cm³/mol. The number of fused-ring (bicyclic) bond motifs is 1. The van der Waals surface area contributed by atoms with Crippen LogP contribution < -0.4 is 9.62 Å². The molecule has 1 N–H and O–H groups in total. The summed E-state index contributed by atoms with van der Waals surface area (Å²) in [6.45, 7) is 0.0962. The van der Waals surface area contributed by atoms with Gasteiger partial charge in [-0.15, -0.1) is 0 Å². The SMILES string of the molecule is CNC(=O)c1c(-c2ccc(F)cc2)oc2cc(N(CCc3ccc(Br)c(F)c3)S(C)(=O)=O)c(C3CC3)cc12. The van der Waals surface area contributed by atoms with Gasteiger partial charge in [0.1, 0.15) is 23.0 Å². The number of sulfonamides is 1.